The van der Waals surface area contributed by atoms with Gasteiger partial charge in [0.05, 0.1) is 5.69 Å². The maximum Gasteiger partial charge on any atom is 0.142 e. The zero-order valence-electron chi connectivity index (χ0n) is 13.2. The molecule has 0 saturated heterocycles. The predicted octanol–water partition coefficient (Wildman–Crippen LogP) is 4.01. The van der Waals surface area contributed by atoms with Crippen molar-refractivity contribution in [1.29, 1.82) is 0 Å². The molecule has 0 saturated carbocycles. The van der Waals surface area contributed by atoms with Crippen LogP contribution in [0.3, 0.4) is 0 Å². The molecule has 116 valence electrons. The van der Waals surface area contributed by atoms with Crippen LogP contribution in [0.4, 0.5) is 5.69 Å². The van der Waals surface area contributed by atoms with E-state index in [1.807, 2.05) is 62.4 Å². The first kappa shape index (κ1) is 16.1. The molecule has 1 atom stereocenters. The quantitative estimate of drug-likeness (QED) is 0.786. The maximum atomic E-state index is 11.7. The van der Waals surface area contributed by atoms with Gasteiger partial charge in [-0.2, -0.15) is 0 Å². The smallest absolute Gasteiger partial charge is 0.142 e. The number of anilines is 1. The second-order valence-electron chi connectivity index (χ2n) is 5.57. The zero-order chi connectivity index (χ0) is 15.9. The molecule has 0 radical (unpaired) electrons. The van der Waals surface area contributed by atoms with Crippen molar-refractivity contribution >= 4 is 11.5 Å². The molecule has 2 N–H and O–H groups in total. The average molecular weight is 297 g/mol. The van der Waals surface area contributed by atoms with Crippen LogP contribution >= 0.6 is 0 Å². The van der Waals surface area contributed by atoms with Gasteiger partial charge in [-0.15, -0.1) is 0 Å². The minimum atomic E-state index is 0.0237. The number of carbonyl (C=O) groups is 1. The molecule has 2 aromatic rings. The molecule has 2 aromatic carbocycles. The van der Waals surface area contributed by atoms with E-state index in [1.54, 1.807) is 0 Å². The third-order valence-electron chi connectivity index (χ3n) is 3.76. The monoisotopic (exact) mass is 297 g/mol. The summed E-state index contributed by atoms with van der Waals surface area (Å²) in [5, 5.41) is 0. The van der Waals surface area contributed by atoms with Crippen molar-refractivity contribution in [2.75, 3.05) is 5.73 Å². The molecule has 0 heterocycles. The summed E-state index contributed by atoms with van der Waals surface area (Å²) >= 11 is 0. The van der Waals surface area contributed by atoms with E-state index in [9.17, 15) is 4.79 Å². The highest BCUT2D eigenvalue weighted by Crippen LogP contribution is 2.25. The number of hydrogen-bond acceptors (Lipinski definition) is 3. The van der Waals surface area contributed by atoms with E-state index in [1.165, 1.54) is 0 Å². The van der Waals surface area contributed by atoms with Gasteiger partial charge in [0.1, 0.15) is 18.1 Å². The van der Waals surface area contributed by atoms with Crippen LogP contribution in [-0.2, 0) is 17.8 Å². The van der Waals surface area contributed by atoms with E-state index in [4.69, 9.17) is 10.5 Å². The van der Waals surface area contributed by atoms with Gasteiger partial charge in [-0.1, -0.05) is 50.2 Å². The lowest BCUT2D eigenvalue weighted by molar-refractivity contribution is -0.122. The van der Waals surface area contributed by atoms with E-state index >= 15 is 0 Å². The van der Waals surface area contributed by atoms with Crippen molar-refractivity contribution in [3.8, 4) is 5.75 Å². The number of ketones is 1. The van der Waals surface area contributed by atoms with E-state index < -0.39 is 0 Å². The molecule has 0 aliphatic rings. The van der Waals surface area contributed by atoms with Crippen LogP contribution in [0.5, 0.6) is 5.75 Å². The van der Waals surface area contributed by atoms with Crippen molar-refractivity contribution in [1.82, 2.24) is 0 Å². The third kappa shape index (κ3) is 4.35. The number of Topliss-reactive ketones (excluding diaryl/α,β-unsaturated/α-hetero) is 1. The summed E-state index contributed by atoms with van der Waals surface area (Å²) in [5.41, 5.74) is 8.77. The van der Waals surface area contributed by atoms with Crippen molar-refractivity contribution < 1.29 is 9.53 Å². The van der Waals surface area contributed by atoms with Gasteiger partial charge in [-0.25, -0.2) is 0 Å². The van der Waals surface area contributed by atoms with Crippen LogP contribution in [0, 0.1) is 5.92 Å². The molecule has 3 nitrogen and oxygen atoms in total. The molecule has 1 unspecified atom stereocenters. The van der Waals surface area contributed by atoms with E-state index in [2.05, 4.69) is 0 Å². The van der Waals surface area contributed by atoms with Crippen molar-refractivity contribution in [2.45, 2.75) is 33.3 Å². The minimum Gasteiger partial charge on any atom is -0.487 e. The Balaban J connectivity index is 2.05. The van der Waals surface area contributed by atoms with Crippen LogP contribution in [0.25, 0.3) is 0 Å². The number of carbonyl (C=O) groups excluding carboxylic acids is 1. The topological polar surface area (TPSA) is 52.3 Å². The van der Waals surface area contributed by atoms with E-state index in [0.717, 1.165) is 11.1 Å². The largest absolute Gasteiger partial charge is 0.487 e. The predicted molar refractivity (Wildman–Crippen MR) is 89.8 cm³/mol. The van der Waals surface area contributed by atoms with Crippen LogP contribution in [-0.4, -0.2) is 5.78 Å². The molecule has 22 heavy (non-hydrogen) atoms. The highest BCUT2D eigenvalue weighted by Gasteiger charge is 2.12. The summed E-state index contributed by atoms with van der Waals surface area (Å²) in [6.45, 7) is 4.35. The Kier molecular flexibility index (Phi) is 5.59. The molecule has 0 aromatic heterocycles. The fourth-order valence-corrected chi connectivity index (χ4v) is 2.38. The summed E-state index contributed by atoms with van der Waals surface area (Å²) < 4.78 is 5.82. The fourth-order valence-electron chi connectivity index (χ4n) is 2.38. The van der Waals surface area contributed by atoms with Gasteiger partial charge in [0.2, 0.25) is 0 Å². The van der Waals surface area contributed by atoms with Gasteiger partial charge in [-0.3, -0.25) is 4.79 Å². The Bertz CT molecular complexity index is 623. The average Bonchev–Trinajstić information content (AvgIpc) is 2.55. The molecule has 0 aliphatic heterocycles. The van der Waals surface area contributed by atoms with Gasteiger partial charge < -0.3 is 10.5 Å². The number of ether oxygens (including phenoxy) is 1. The SMILES string of the molecule is CCC(=O)C(C)Cc1ccc(N)c(OCc2ccccc2)c1. The lowest BCUT2D eigenvalue weighted by Gasteiger charge is -2.13. The van der Waals surface area contributed by atoms with E-state index in [0.29, 0.717) is 30.9 Å². The summed E-state index contributed by atoms with van der Waals surface area (Å²) in [6.07, 6.45) is 1.29. The normalized spacial score (nSPS) is 11.9. The number of nitrogen functional groups attached to an aromatic ring is 1. The second-order valence-corrected chi connectivity index (χ2v) is 5.57. The van der Waals surface area contributed by atoms with Gasteiger partial charge in [0.15, 0.2) is 0 Å². The minimum absolute atomic E-state index is 0.0237. The molecular weight excluding hydrogens is 274 g/mol. The highest BCUT2D eigenvalue weighted by molar-refractivity contribution is 5.80. The number of benzene rings is 2. The lowest BCUT2D eigenvalue weighted by atomic mass is 9.95. The van der Waals surface area contributed by atoms with Gasteiger partial charge >= 0.3 is 0 Å². The lowest BCUT2D eigenvalue weighted by Crippen LogP contribution is -2.12. The van der Waals surface area contributed by atoms with Crippen molar-refractivity contribution in [2.24, 2.45) is 5.92 Å². The Morgan fingerprint density at radius 2 is 1.86 bits per heavy atom. The first-order chi connectivity index (χ1) is 10.6. The highest BCUT2D eigenvalue weighted by atomic mass is 16.5. The van der Waals surface area contributed by atoms with Gasteiger partial charge in [0.25, 0.3) is 0 Å². The first-order valence-corrected chi connectivity index (χ1v) is 7.68. The van der Waals surface area contributed by atoms with Crippen LogP contribution in [0.1, 0.15) is 31.4 Å². The first-order valence-electron chi connectivity index (χ1n) is 7.68. The molecule has 0 amide bonds. The molecule has 0 bridgehead atoms. The van der Waals surface area contributed by atoms with Crippen molar-refractivity contribution in [3.63, 3.8) is 0 Å². The van der Waals surface area contributed by atoms with Gasteiger partial charge in [-0.05, 0) is 29.7 Å². The molecule has 0 aliphatic carbocycles. The molecule has 0 spiro atoms. The van der Waals surface area contributed by atoms with Crippen LogP contribution < -0.4 is 10.5 Å². The second kappa shape index (κ2) is 7.64. The zero-order valence-corrected chi connectivity index (χ0v) is 13.2. The van der Waals surface area contributed by atoms with Crippen LogP contribution in [0.15, 0.2) is 48.5 Å². The van der Waals surface area contributed by atoms with Crippen molar-refractivity contribution in [3.05, 3.63) is 59.7 Å². The Labute approximate surface area is 132 Å². The molecular formula is C19H23NO2. The summed E-state index contributed by atoms with van der Waals surface area (Å²) in [5.74, 6) is 0.983. The summed E-state index contributed by atoms with van der Waals surface area (Å²) in [7, 11) is 0. The van der Waals surface area contributed by atoms with E-state index in [-0.39, 0.29) is 11.7 Å². The molecule has 0 fully saturated rings. The third-order valence-corrected chi connectivity index (χ3v) is 3.76. The number of hydrogen-bond donors (Lipinski definition) is 1. The Morgan fingerprint density at radius 1 is 1.14 bits per heavy atom. The van der Waals surface area contributed by atoms with Crippen LogP contribution in [0.2, 0.25) is 0 Å². The maximum absolute atomic E-state index is 11.7. The standard InChI is InChI=1S/C19H23NO2/c1-3-18(21)14(2)11-16-9-10-17(20)19(12-16)22-13-15-7-5-4-6-8-15/h4-10,12,14H,3,11,13,20H2,1-2H3. The Hall–Kier alpha value is -2.29. The summed E-state index contributed by atoms with van der Waals surface area (Å²) in [6, 6.07) is 15.7. The Morgan fingerprint density at radius 3 is 2.55 bits per heavy atom. The van der Waals surface area contributed by atoms with Gasteiger partial charge in [0, 0.05) is 12.3 Å². The number of rotatable bonds is 7. The summed E-state index contributed by atoms with van der Waals surface area (Å²) in [4.78, 5) is 11.7. The fraction of sp³-hybridized carbons (Fsp3) is 0.316. The molecule has 3 heteroatoms. The molecule has 2 rings (SSSR count). The number of nitrogens with two attached hydrogens (primary N) is 1.